The van der Waals surface area contributed by atoms with Gasteiger partial charge < -0.3 is 20.4 Å². The van der Waals surface area contributed by atoms with E-state index in [1.54, 1.807) is 24.3 Å². The van der Waals surface area contributed by atoms with E-state index >= 15 is 0 Å². The van der Waals surface area contributed by atoms with Crippen molar-refractivity contribution in [3.63, 3.8) is 0 Å². The summed E-state index contributed by atoms with van der Waals surface area (Å²) in [5.41, 5.74) is 0.0880. The van der Waals surface area contributed by atoms with Crippen molar-refractivity contribution in [3.05, 3.63) is 59.7 Å². The molecule has 0 heterocycles. The zero-order chi connectivity index (χ0) is 15.1. The van der Waals surface area contributed by atoms with Crippen LogP contribution in [0.5, 0.6) is 11.5 Å². The van der Waals surface area contributed by atoms with E-state index in [0.29, 0.717) is 0 Å². The Labute approximate surface area is 130 Å². The number of hydrogen-bond acceptors (Lipinski definition) is 4. The molecule has 0 spiro atoms. The molecule has 6 nitrogen and oxygen atoms in total. The zero-order valence-corrected chi connectivity index (χ0v) is 11.9. The van der Waals surface area contributed by atoms with Crippen LogP contribution in [0.3, 0.4) is 0 Å². The second-order valence-corrected chi connectivity index (χ2v) is 3.69. The van der Waals surface area contributed by atoms with Gasteiger partial charge in [0.2, 0.25) is 0 Å². The van der Waals surface area contributed by atoms with Gasteiger partial charge in [-0.1, -0.05) is 24.3 Å². The maximum absolute atomic E-state index is 10.4. The molecule has 0 aliphatic rings. The molecule has 0 aliphatic carbocycles. The van der Waals surface area contributed by atoms with E-state index in [1.807, 2.05) is 0 Å². The van der Waals surface area contributed by atoms with Crippen molar-refractivity contribution in [2.75, 3.05) is 0 Å². The number of aromatic hydroxyl groups is 2. The van der Waals surface area contributed by atoms with Gasteiger partial charge in [0.15, 0.2) is 11.1 Å². The third-order valence-corrected chi connectivity index (χ3v) is 2.30. The summed E-state index contributed by atoms with van der Waals surface area (Å²) in [5, 5.41) is 31.2. The third-order valence-electron chi connectivity index (χ3n) is 2.30. The first-order chi connectivity index (χ1) is 9.43. The molecule has 0 aliphatic heterocycles. The number of benzene rings is 2. The number of carbonyl (C=O) groups excluding carboxylic acids is 2. The summed E-state index contributed by atoms with van der Waals surface area (Å²) in [6.45, 7) is 0. The van der Waals surface area contributed by atoms with Gasteiger partial charge in [-0.15, -0.1) is 0 Å². The molecule has 0 amide bonds. The monoisotopic (exact) mass is 333 g/mol. The van der Waals surface area contributed by atoms with E-state index in [2.05, 4.69) is 0 Å². The van der Waals surface area contributed by atoms with Crippen LogP contribution in [0.15, 0.2) is 48.5 Å². The van der Waals surface area contributed by atoms with Gasteiger partial charge in [-0.3, -0.25) is 0 Å². The normalized spacial score (nSPS) is 8.76. The van der Waals surface area contributed by atoms with Crippen molar-refractivity contribution >= 4 is 11.9 Å². The van der Waals surface area contributed by atoms with Crippen LogP contribution >= 0.6 is 0 Å². The molecule has 2 aromatic carbocycles. The Morgan fingerprint density at radius 3 is 1.19 bits per heavy atom. The molecule has 0 unspecified atom stereocenters. The molecule has 6 N–H and O–H groups in total. The molecule has 2 rings (SSSR count). The average molecular weight is 333 g/mol. The number of phenols is 2. The van der Waals surface area contributed by atoms with Crippen molar-refractivity contribution in [1.82, 2.24) is 0 Å². The average Bonchev–Trinajstić information content (AvgIpc) is 2.40. The second kappa shape index (κ2) is 8.63. The van der Waals surface area contributed by atoms with Crippen LogP contribution in [0.2, 0.25) is 0 Å². The fraction of sp³-hybridized carbons (Fsp3) is 0. The Hall–Kier alpha value is -2.50. The van der Waals surface area contributed by atoms with Crippen LogP contribution in [0.4, 0.5) is 0 Å². The van der Waals surface area contributed by atoms with Crippen LogP contribution in [-0.4, -0.2) is 32.4 Å². The first-order valence-corrected chi connectivity index (χ1v) is 5.51. The number of rotatable bonds is 2. The van der Waals surface area contributed by atoms with Gasteiger partial charge in [0.05, 0.1) is 0 Å². The molecule has 0 atom stereocenters. The molecule has 0 bridgehead atoms. The summed E-state index contributed by atoms with van der Waals surface area (Å²) < 4.78 is 0. The molecule has 0 saturated carbocycles. The van der Waals surface area contributed by atoms with Gasteiger partial charge in [-0.05, 0) is 24.3 Å². The molecular formula is C14H14MnO6+4. The van der Waals surface area contributed by atoms with Gasteiger partial charge in [0.1, 0.15) is 11.5 Å². The van der Waals surface area contributed by atoms with E-state index in [1.165, 1.54) is 24.3 Å². The van der Waals surface area contributed by atoms with Crippen LogP contribution in [0.25, 0.3) is 0 Å². The Kier molecular flexibility index (Phi) is 7.60. The topological polar surface area (TPSA) is 120 Å². The number of phenolic OH excluding ortho intramolecular Hbond substituents is 2. The maximum atomic E-state index is 10.4. The van der Waals surface area contributed by atoms with E-state index in [0.717, 1.165) is 0 Å². The predicted octanol–water partition coefficient (Wildman–Crippen LogP) is 0.511. The second-order valence-electron chi connectivity index (χ2n) is 3.69. The summed E-state index contributed by atoms with van der Waals surface area (Å²) >= 11 is 0. The molecule has 1 radical (unpaired) electrons. The van der Waals surface area contributed by atoms with Crippen molar-refractivity contribution in [3.8, 4) is 11.5 Å². The first kappa shape index (κ1) is 18.5. The van der Waals surface area contributed by atoms with Gasteiger partial charge in [-0.25, -0.2) is 0 Å². The number of para-hydroxylation sites is 2. The van der Waals surface area contributed by atoms with E-state index in [9.17, 15) is 9.59 Å². The van der Waals surface area contributed by atoms with Crippen molar-refractivity contribution < 1.29 is 47.1 Å². The maximum Gasteiger partial charge on any atom is 2.00 e. The van der Waals surface area contributed by atoms with Crippen molar-refractivity contribution in [1.29, 1.82) is 0 Å². The van der Waals surface area contributed by atoms with E-state index in [-0.39, 0.29) is 39.7 Å². The summed E-state index contributed by atoms with van der Waals surface area (Å²) in [7, 11) is 0. The molecule has 21 heavy (non-hydrogen) atoms. The minimum Gasteiger partial charge on any atom is -0.561 e. The van der Waals surface area contributed by atoms with Crippen LogP contribution in [0, 0.1) is 0 Å². The van der Waals surface area contributed by atoms with E-state index in [4.69, 9.17) is 20.4 Å². The predicted molar refractivity (Wildman–Crippen MR) is 72.1 cm³/mol. The van der Waals surface area contributed by atoms with Crippen molar-refractivity contribution in [2.24, 2.45) is 0 Å². The molecule has 0 saturated heterocycles. The standard InChI is InChI=1S/2C7H6O3.Mn/c2*8-6-4-2-1-3-5(6)7(9)10;/h2*1-4,8H,(H,9,10);/q;;+2/p+2. The summed E-state index contributed by atoms with van der Waals surface area (Å²) in [6, 6.07) is 12.0. The Morgan fingerprint density at radius 2 is 1.00 bits per heavy atom. The van der Waals surface area contributed by atoms with Gasteiger partial charge in [0, 0.05) is 9.59 Å². The largest absolute Gasteiger partial charge is 2.00 e. The van der Waals surface area contributed by atoms with Gasteiger partial charge in [0.25, 0.3) is 0 Å². The quantitative estimate of drug-likeness (QED) is 0.614. The van der Waals surface area contributed by atoms with E-state index < -0.39 is 11.9 Å². The third kappa shape index (κ3) is 5.56. The van der Waals surface area contributed by atoms with Crippen LogP contribution < -0.4 is 0 Å². The van der Waals surface area contributed by atoms with Gasteiger partial charge in [-0.2, -0.15) is 0 Å². The van der Waals surface area contributed by atoms with Crippen LogP contribution in [-0.2, 0) is 17.1 Å². The minimum absolute atomic E-state index is 0. The molecule has 0 aromatic heterocycles. The molecule has 109 valence electrons. The Balaban J connectivity index is 0.000000364. The zero-order valence-electron chi connectivity index (χ0n) is 10.7. The smallest absolute Gasteiger partial charge is 0.561 e. The first-order valence-electron chi connectivity index (χ1n) is 5.51. The fourth-order valence-corrected chi connectivity index (χ4v) is 1.33. The SMILES string of the molecule is O=C([OH2+])c1ccccc1O.O=C([OH2+])c1ccccc1O.[Mn+2]. The fourth-order valence-electron chi connectivity index (χ4n) is 1.33. The molecule has 2 aromatic rings. The summed E-state index contributed by atoms with van der Waals surface area (Å²) in [4.78, 5) is 20.7. The summed E-state index contributed by atoms with van der Waals surface area (Å²) in [6.07, 6.45) is 0. The van der Waals surface area contributed by atoms with Gasteiger partial charge >= 0.3 is 29.0 Å². The molecular weight excluding hydrogens is 319 g/mol. The van der Waals surface area contributed by atoms with Crippen molar-refractivity contribution in [2.45, 2.75) is 0 Å². The Bertz CT molecular complexity index is 571. The summed E-state index contributed by atoms with van der Waals surface area (Å²) in [5.74, 6) is -2.00. The number of hydrogen-bond donors (Lipinski definition) is 2. The number of carbonyl (C=O) groups is 2. The molecule has 7 heteroatoms. The Morgan fingerprint density at radius 1 is 0.714 bits per heavy atom. The minimum atomic E-state index is -0.863. The molecule has 0 fully saturated rings. The van der Waals surface area contributed by atoms with Crippen LogP contribution in [0.1, 0.15) is 20.7 Å².